The van der Waals surface area contributed by atoms with Crippen LogP contribution in [-0.2, 0) is 6.54 Å². The number of nitrogens with zero attached hydrogens (tertiary/aromatic N) is 2. The molecule has 1 heterocycles. The minimum absolute atomic E-state index is 0.0173. The highest BCUT2D eigenvalue weighted by molar-refractivity contribution is 6.07. The minimum Gasteiger partial charge on any atom is -0.508 e. The van der Waals surface area contributed by atoms with Crippen molar-refractivity contribution in [3.05, 3.63) is 143 Å². The highest BCUT2D eigenvalue weighted by atomic mass is 16.3. The van der Waals surface area contributed by atoms with Gasteiger partial charge < -0.3 is 10.0 Å². The summed E-state index contributed by atoms with van der Waals surface area (Å²) in [4.78, 5) is 29.9. The Morgan fingerprint density at radius 3 is 1.75 bits per heavy atom. The molecule has 40 heavy (non-hydrogen) atoms. The fourth-order valence-corrected chi connectivity index (χ4v) is 4.77. The summed E-state index contributed by atoms with van der Waals surface area (Å²) in [6.45, 7) is 3.89. The smallest absolute Gasteiger partial charge is 0.185 e. The molecule has 4 aromatic carbocycles. The van der Waals surface area contributed by atoms with Crippen molar-refractivity contribution in [3.8, 4) is 5.75 Å². The lowest BCUT2D eigenvalue weighted by molar-refractivity contribution is 0.103. The minimum atomic E-state index is -0.0904. The molecule has 5 rings (SSSR count). The zero-order chi connectivity index (χ0) is 27.7. The van der Waals surface area contributed by atoms with Gasteiger partial charge >= 0.3 is 0 Å². The lowest BCUT2D eigenvalue weighted by atomic mass is 10.0. The maximum atomic E-state index is 12.7. The third-order valence-electron chi connectivity index (χ3n) is 7.10. The van der Waals surface area contributed by atoms with Crippen LogP contribution < -0.4 is 4.90 Å². The van der Waals surface area contributed by atoms with Gasteiger partial charge in [-0.05, 0) is 65.7 Å². The van der Waals surface area contributed by atoms with Crippen molar-refractivity contribution in [3.63, 3.8) is 0 Å². The number of allylic oxidation sites excluding steroid dienone is 2. The average Bonchev–Trinajstić information content (AvgIpc) is 3.01. The Bertz CT molecular complexity index is 1500. The quantitative estimate of drug-likeness (QED) is 0.198. The molecular formula is C35H32N2O3. The van der Waals surface area contributed by atoms with Gasteiger partial charge in [-0.25, -0.2) is 0 Å². The van der Waals surface area contributed by atoms with Crippen LogP contribution >= 0.6 is 0 Å². The first kappa shape index (κ1) is 26.9. The van der Waals surface area contributed by atoms with Crippen LogP contribution in [0.15, 0.2) is 115 Å². The number of piperazine rings is 1. The summed E-state index contributed by atoms with van der Waals surface area (Å²) in [7, 11) is 0. The van der Waals surface area contributed by atoms with Crippen molar-refractivity contribution in [1.82, 2.24) is 4.90 Å². The maximum absolute atomic E-state index is 12.7. The van der Waals surface area contributed by atoms with Crippen molar-refractivity contribution in [2.75, 3.05) is 31.1 Å². The molecule has 0 spiro atoms. The lowest BCUT2D eigenvalue weighted by Gasteiger charge is -2.36. The molecule has 1 aliphatic rings. The molecule has 200 valence electrons. The summed E-state index contributed by atoms with van der Waals surface area (Å²) in [5.74, 6) is 0.0938. The number of carbonyl (C=O) groups excluding carboxylic acids is 2. The highest BCUT2D eigenvalue weighted by Gasteiger charge is 2.19. The largest absolute Gasteiger partial charge is 0.508 e. The second-order valence-corrected chi connectivity index (χ2v) is 9.87. The monoisotopic (exact) mass is 528 g/mol. The number of anilines is 1. The van der Waals surface area contributed by atoms with E-state index in [0.29, 0.717) is 17.7 Å². The van der Waals surface area contributed by atoms with E-state index in [9.17, 15) is 14.7 Å². The number of aromatic hydroxyl groups is 1. The number of phenolic OH excluding ortho intramolecular Hbond substituents is 1. The first-order chi connectivity index (χ1) is 19.5. The van der Waals surface area contributed by atoms with Crippen molar-refractivity contribution >= 4 is 29.4 Å². The predicted molar refractivity (Wildman–Crippen MR) is 162 cm³/mol. The molecule has 1 saturated heterocycles. The molecule has 0 aliphatic carbocycles. The van der Waals surface area contributed by atoms with Gasteiger partial charge in [-0.1, -0.05) is 72.8 Å². The SMILES string of the molecule is O=C(/C=C/c1ccccc1)c1ccc(N2CCN(Cc3cc(C(=O)/C=C/c4ccccc4)ccc3O)CC2)cc1. The van der Waals surface area contributed by atoms with E-state index in [2.05, 4.69) is 9.80 Å². The zero-order valence-corrected chi connectivity index (χ0v) is 22.3. The molecule has 5 heteroatoms. The summed E-state index contributed by atoms with van der Waals surface area (Å²) in [6, 6.07) is 32.3. The van der Waals surface area contributed by atoms with Gasteiger partial charge in [0.05, 0.1) is 0 Å². The van der Waals surface area contributed by atoms with Gasteiger partial charge in [0.15, 0.2) is 11.6 Å². The fraction of sp³-hybridized carbons (Fsp3) is 0.143. The van der Waals surface area contributed by atoms with E-state index in [1.807, 2.05) is 91.0 Å². The molecule has 1 N–H and O–H groups in total. The summed E-state index contributed by atoms with van der Waals surface area (Å²) >= 11 is 0. The average molecular weight is 529 g/mol. The first-order valence-electron chi connectivity index (χ1n) is 13.5. The lowest BCUT2D eigenvalue weighted by Crippen LogP contribution is -2.46. The fourth-order valence-electron chi connectivity index (χ4n) is 4.77. The van der Waals surface area contributed by atoms with Gasteiger partial charge in [0.25, 0.3) is 0 Å². The maximum Gasteiger partial charge on any atom is 0.185 e. The van der Waals surface area contributed by atoms with Crippen molar-refractivity contribution in [1.29, 1.82) is 0 Å². The summed E-state index contributed by atoms with van der Waals surface area (Å²) < 4.78 is 0. The van der Waals surface area contributed by atoms with Gasteiger partial charge in [0, 0.05) is 55.1 Å². The van der Waals surface area contributed by atoms with Crippen LogP contribution in [0, 0.1) is 0 Å². The summed E-state index contributed by atoms with van der Waals surface area (Å²) in [5, 5.41) is 10.5. The third kappa shape index (κ3) is 7.01. The van der Waals surface area contributed by atoms with Gasteiger partial charge in [-0.3, -0.25) is 14.5 Å². The molecular weight excluding hydrogens is 496 g/mol. The number of benzene rings is 4. The molecule has 0 aromatic heterocycles. The van der Waals surface area contributed by atoms with Crippen LogP contribution in [-0.4, -0.2) is 47.8 Å². The molecule has 0 radical (unpaired) electrons. The normalized spacial score (nSPS) is 14.2. The Morgan fingerprint density at radius 2 is 1.18 bits per heavy atom. The van der Waals surface area contributed by atoms with E-state index in [-0.39, 0.29) is 17.3 Å². The molecule has 4 aromatic rings. The topological polar surface area (TPSA) is 60.9 Å². The number of rotatable bonds is 9. The van der Waals surface area contributed by atoms with Gasteiger partial charge in [0.1, 0.15) is 5.75 Å². The van der Waals surface area contributed by atoms with Crippen LogP contribution in [0.2, 0.25) is 0 Å². The summed E-state index contributed by atoms with van der Waals surface area (Å²) in [5.41, 5.74) is 5.03. The number of hydrogen-bond donors (Lipinski definition) is 1. The van der Waals surface area contributed by atoms with Crippen molar-refractivity contribution in [2.45, 2.75) is 6.54 Å². The van der Waals surface area contributed by atoms with E-state index in [1.54, 1.807) is 36.4 Å². The van der Waals surface area contributed by atoms with E-state index >= 15 is 0 Å². The number of hydrogen-bond acceptors (Lipinski definition) is 5. The van der Waals surface area contributed by atoms with Crippen LogP contribution in [0.5, 0.6) is 5.75 Å². The standard InChI is InChI=1S/C35H32N2O3/c38-33(18-11-27-7-3-1-4-8-27)29-13-16-32(17-14-29)37-23-21-36(22-24-37)26-31-25-30(15-20-35(31)40)34(39)19-12-28-9-5-2-6-10-28/h1-20,25,40H,21-24,26H2/b18-11+,19-12+. The third-order valence-corrected chi connectivity index (χ3v) is 7.10. The molecule has 1 aliphatic heterocycles. The van der Waals surface area contributed by atoms with Crippen molar-refractivity contribution in [2.24, 2.45) is 0 Å². The number of phenols is 1. The van der Waals surface area contributed by atoms with Crippen LogP contribution in [0.1, 0.15) is 37.4 Å². The second kappa shape index (κ2) is 12.9. The molecule has 5 nitrogen and oxygen atoms in total. The van der Waals surface area contributed by atoms with Crippen molar-refractivity contribution < 1.29 is 14.7 Å². The molecule has 1 fully saturated rings. The molecule has 0 amide bonds. The van der Waals surface area contributed by atoms with E-state index in [4.69, 9.17) is 0 Å². The first-order valence-corrected chi connectivity index (χ1v) is 13.5. The van der Waals surface area contributed by atoms with Crippen LogP contribution in [0.4, 0.5) is 5.69 Å². The number of ketones is 2. The Balaban J connectivity index is 1.15. The Morgan fingerprint density at radius 1 is 0.650 bits per heavy atom. The van der Waals surface area contributed by atoms with Gasteiger partial charge in [-0.15, -0.1) is 0 Å². The van der Waals surface area contributed by atoms with E-state index < -0.39 is 0 Å². The molecule has 0 unspecified atom stereocenters. The highest BCUT2D eigenvalue weighted by Crippen LogP contribution is 2.23. The van der Waals surface area contributed by atoms with E-state index in [0.717, 1.165) is 48.6 Å². The summed E-state index contributed by atoms with van der Waals surface area (Å²) in [6.07, 6.45) is 6.82. The Labute approximate surface area is 235 Å². The predicted octanol–water partition coefficient (Wildman–Crippen LogP) is 6.51. The van der Waals surface area contributed by atoms with Gasteiger partial charge in [-0.2, -0.15) is 0 Å². The second-order valence-electron chi connectivity index (χ2n) is 9.87. The zero-order valence-electron chi connectivity index (χ0n) is 22.3. The molecule has 0 atom stereocenters. The van der Waals surface area contributed by atoms with E-state index in [1.165, 1.54) is 0 Å². The Kier molecular flexibility index (Phi) is 8.64. The van der Waals surface area contributed by atoms with Crippen LogP contribution in [0.3, 0.4) is 0 Å². The Hall–Kier alpha value is -4.74. The van der Waals surface area contributed by atoms with Crippen LogP contribution in [0.25, 0.3) is 12.2 Å². The number of carbonyl (C=O) groups is 2. The molecule has 0 saturated carbocycles. The van der Waals surface area contributed by atoms with Gasteiger partial charge in [0.2, 0.25) is 0 Å². The molecule has 0 bridgehead atoms.